The molecule has 174 valence electrons. The van der Waals surface area contributed by atoms with Crippen LogP contribution in [0, 0.1) is 0 Å². The number of hydrogen-bond acceptors (Lipinski definition) is 6. The van der Waals surface area contributed by atoms with Crippen molar-refractivity contribution in [3.05, 3.63) is 113 Å². The van der Waals surface area contributed by atoms with Gasteiger partial charge in [-0.15, -0.1) is 0 Å². The summed E-state index contributed by atoms with van der Waals surface area (Å²) < 4.78 is 25.2. The van der Waals surface area contributed by atoms with Gasteiger partial charge in [0.1, 0.15) is 23.7 Å². The van der Waals surface area contributed by atoms with Crippen LogP contribution in [0.15, 0.2) is 101 Å². The summed E-state index contributed by atoms with van der Waals surface area (Å²) in [5.74, 6) is 0. The van der Waals surface area contributed by atoms with E-state index in [0.717, 1.165) is 16.0 Å². The average molecular weight is 476 g/mol. The highest BCUT2D eigenvalue weighted by molar-refractivity contribution is 7.99. The first kappa shape index (κ1) is 22.9. The molecule has 2 heterocycles. The van der Waals surface area contributed by atoms with Gasteiger partial charge in [0.25, 0.3) is 0 Å². The van der Waals surface area contributed by atoms with Gasteiger partial charge in [0, 0.05) is 15.4 Å². The molecule has 0 radical (unpaired) electrons. The zero-order valence-corrected chi connectivity index (χ0v) is 19.2. The Kier molecular flexibility index (Phi) is 7.46. The van der Waals surface area contributed by atoms with E-state index in [2.05, 4.69) is 10.0 Å². The Morgan fingerprint density at radius 2 is 1.59 bits per heavy atom. The van der Waals surface area contributed by atoms with Crippen molar-refractivity contribution in [3.63, 3.8) is 0 Å². The van der Waals surface area contributed by atoms with Crippen molar-refractivity contribution in [2.75, 3.05) is 6.61 Å². The Morgan fingerprint density at radius 1 is 0.912 bits per heavy atom. The molecule has 2 saturated heterocycles. The zero-order chi connectivity index (χ0) is 23.2. The van der Waals surface area contributed by atoms with Gasteiger partial charge in [-0.05, 0) is 23.2 Å². The van der Waals surface area contributed by atoms with Crippen LogP contribution in [0.25, 0.3) is 10.4 Å². The number of nitrogens with zero attached hydrogens (tertiary/aromatic N) is 3. The largest absolute Gasteiger partial charge is 0.370 e. The van der Waals surface area contributed by atoms with Gasteiger partial charge in [-0.25, -0.2) is 0 Å². The lowest BCUT2D eigenvalue weighted by molar-refractivity contribution is -0.311. The molecule has 6 atom stereocenters. The summed E-state index contributed by atoms with van der Waals surface area (Å²) in [4.78, 5) is 4.16. The lowest BCUT2D eigenvalue weighted by Gasteiger charge is -2.48. The summed E-state index contributed by atoms with van der Waals surface area (Å²) in [6.07, 6.45) is -1.86. The molecule has 2 aliphatic heterocycles. The van der Waals surface area contributed by atoms with E-state index in [9.17, 15) is 5.53 Å². The van der Waals surface area contributed by atoms with Crippen LogP contribution in [-0.2, 0) is 25.6 Å². The van der Waals surface area contributed by atoms with Gasteiger partial charge in [-0.1, -0.05) is 95.7 Å². The number of fused-ring (bicyclic) bond motifs is 1. The minimum atomic E-state index is -0.588. The molecule has 34 heavy (non-hydrogen) atoms. The van der Waals surface area contributed by atoms with Crippen LogP contribution in [0.3, 0.4) is 0 Å². The quantitative estimate of drug-likeness (QED) is 0.242. The van der Waals surface area contributed by atoms with Crippen molar-refractivity contribution >= 4 is 11.8 Å². The number of ether oxygens (including phenoxy) is 4. The highest BCUT2D eigenvalue weighted by Crippen LogP contribution is 2.41. The zero-order valence-electron chi connectivity index (χ0n) is 18.4. The van der Waals surface area contributed by atoms with Crippen molar-refractivity contribution < 1.29 is 18.9 Å². The second kappa shape index (κ2) is 11.1. The van der Waals surface area contributed by atoms with Gasteiger partial charge in [0.15, 0.2) is 6.29 Å². The molecule has 0 saturated carbocycles. The summed E-state index contributed by atoms with van der Waals surface area (Å²) in [7, 11) is 0. The Hall–Kier alpha value is -2.84. The van der Waals surface area contributed by atoms with E-state index >= 15 is 0 Å². The first-order valence-corrected chi connectivity index (χ1v) is 12.1. The van der Waals surface area contributed by atoms with E-state index in [1.54, 1.807) is 0 Å². The SMILES string of the molecule is [N-]=[N+]=N[C@H]1C(Sc2ccccc2)O[C@@H]2CO[C@@H](c3ccccc3)O[C@H]2[C@@H]1OCc1ccccc1. The normalized spacial score (nSPS) is 28.5. The molecular weight excluding hydrogens is 450 g/mol. The predicted molar refractivity (Wildman–Crippen MR) is 129 cm³/mol. The number of azide groups is 1. The van der Waals surface area contributed by atoms with Crippen molar-refractivity contribution in [2.45, 2.75) is 47.6 Å². The molecule has 0 aliphatic carbocycles. The fraction of sp³-hybridized carbons (Fsp3) is 0.308. The Labute approximate surface area is 202 Å². The maximum absolute atomic E-state index is 9.40. The van der Waals surface area contributed by atoms with Gasteiger partial charge in [0.05, 0.1) is 19.3 Å². The summed E-state index contributed by atoms with van der Waals surface area (Å²) in [5.41, 5.74) is 10.9. The summed E-state index contributed by atoms with van der Waals surface area (Å²) in [6, 6.07) is 29.0. The Morgan fingerprint density at radius 3 is 2.29 bits per heavy atom. The van der Waals surface area contributed by atoms with E-state index in [1.165, 1.54) is 11.8 Å². The first-order valence-electron chi connectivity index (χ1n) is 11.2. The fourth-order valence-corrected chi connectivity index (χ4v) is 5.34. The molecule has 2 fully saturated rings. The van der Waals surface area contributed by atoms with E-state index in [-0.39, 0.29) is 6.10 Å². The maximum Gasteiger partial charge on any atom is 0.184 e. The smallest absolute Gasteiger partial charge is 0.184 e. The predicted octanol–water partition coefficient (Wildman–Crippen LogP) is 5.88. The van der Waals surface area contributed by atoms with Gasteiger partial charge >= 0.3 is 0 Å². The highest BCUT2D eigenvalue weighted by atomic mass is 32.2. The van der Waals surface area contributed by atoms with Crippen LogP contribution in [0.5, 0.6) is 0 Å². The molecule has 0 spiro atoms. The molecule has 5 rings (SSSR count). The van der Waals surface area contributed by atoms with Gasteiger partial charge in [0.2, 0.25) is 0 Å². The first-order chi connectivity index (χ1) is 16.8. The molecule has 1 unspecified atom stereocenters. The highest BCUT2D eigenvalue weighted by Gasteiger charge is 2.50. The molecule has 0 amide bonds. The monoisotopic (exact) mass is 475 g/mol. The van der Waals surface area contributed by atoms with Crippen LogP contribution < -0.4 is 0 Å². The van der Waals surface area contributed by atoms with Gasteiger partial charge < -0.3 is 18.9 Å². The third kappa shape index (κ3) is 5.28. The standard InChI is InChI=1S/C26H25N3O4S/c27-29-28-22-24(30-16-18-10-4-1-5-11-18)23-21(32-26(22)34-20-14-8-3-9-15-20)17-31-25(33-23)19-12-6-2-7-13-19/h1-15,21-26H,16-17H2/t21-,22-,23-,24-,25-,26?/m1/s1. The molecule has 0 N–H and O–H groups in total. The Bertz CT molecular complexity index is 1100. The minimum Gasteiger partial charge on any atom is -0.370 e. The van der Waals surface area contributed by atoms with Crippen LogP contribution in [-0.4, -0.2) is 36.4 Å². The van der Waals surface area contributed by atoms with Crippen molar-refractivity contribution in [1.82, 2.24) is 0 Å². The minimum absolute atomic E-state index is 0.351. The summed E-state index contributed by atoms with van der Waals surface area (Å²) in [5, 5.41) is 4.13. The lowest BCUT2D eigenvalue weighted by atomic mass is 9.97. The van der Waals surface area contributed by atoms with Gasteiger partial charge in [-0.2, -0.15) is 0 Å². The molecule has 7 nitrogen and oxygen atoms in total. The van der Waals surface area contributed by atoms with Crippen LogP contribution in [0.1, 0.15) is 17.4 Å². The van der Waals surface area contributed by atoms with Crippen molar-refractivity contribution in [3.8, 4) is 0 Å². The van der Waals surface area contributed by atoms with E-state index in [1.807, 2.05) is 91.0 Å². The molecule has 3 aromatic rings. The number of rotatable bonds is 7. The van der Waals surface area contributed by atoms with E-state index in [0.29, 0.717) is 13.2 Å². The van der Waals surface area contributed by atoms with E-state index in [4.69, 9.17) is 18.9 Å². The average Bonchev–Trinajstić information content (AvgIpc) is 2.90. The Balaban J connectivity index is 1.43. The van der Waals surface area contributed by atoms with Crippen LogP contribution >= 0.6 is 11.8 Å². The van der Waals surface area contributed by atoms with Gasteiger partial charge in [-0.3, -0.25) is 0 Å². The summed E-state index contributed by atoms with van der Waals surface area (Å²) in [6.45, 7) is 0.722. The molecule has 0 aromatic heterocycles. The molecule has 8 heteroatoms. The summed E-state index contributed by atoms with van der Waals surface area (Å²) >= 11 is 1.51. The third-order valence-corrected chi connectivity index (χ3v) is 7.01. The molecule has 0 bridgehead atoms. The lowest BCUT2D eigenvalue weighted by Crippen LogP contribution is -2.61. The second-order valence-corrected chi connectivity index (χ2v) is 9.28. The molecular formula is C26H25N3O4S. The van der Waals surface area contributed by atoms with Crippen LogP contribution in [0.2, 0.25) is 0 Å². The third-order valence-electron chi connectivity index (χ3n) is 5.84. The number of hydrogen-bond donors (Lipinski definition) is 0. The van der Waals surface area contributed by atoms with E-state index < -0.39 is 30.0 Å². The topological polar surface area (TPSA) is 85.7 Å². The van der Waals surface area contributed by atoms with Crippen LogP contribution in [0.4, 0.5) is 0 Å². The van der Waals surface area contributed by atoms with Crippen molar-refractivity contribution in [2.24, 2.45) is 5.11 Å². The fourth-order valence-electron chi connectivity index (χ4n) is 4.21. The molecule has 3 aromatic carbocycles. The second-order valence-electron chi connectivity index (χ2n) is 8.11. The number of thioether (sulfide) groups is 1. The van der Waals surface area contributed by atoms with Crippen molar-refractivity contribution in [1.29, 1.82) is 0 Å². The maximum atomic E-state index is 9.40. The molecule has 2 aliphatic rings. The number of benzene rings is 3.